The number of hydrogen-bond acceptors (Lipinski definition) is 3. The van der Waals surface area contributed by atoms with Crippen LogP contribution in [0.5, 0.6) is 0 Å². The summed E-state index contributed by atoms with van der Waals surface area (Å²) in [4.78, 5) is 6.75. The van der Waals surface area contributed by atoms with Crippen molar-refractivity contribution in [2.24, 2.45) is 0 Å². The molecule has 4 heteroatoms. The SMILES string of the molecule is CN(C)CC#CCn1cnc(-c2ccccc2)c1C1CCOC1. The Balaban J connectivity index is 1.89. The first-order valence-electron chi connectivity index (χ1n) is 8.04. The molecule has 0 amide bonds. The zero-order chi connectivity index (χ0) is 16.1. The summed E-state index contributed by atoms with van der Waals surface area (Å²) in [5.74, 6) is 6.85. The maximum Gasteiger partial charge on any atom is 0.0964 e. The second-order valence-electron chi connectivity index (χ2n) is 6.12. The van der Waals surface area contributed by atoms with E-state index in [1.54, 1.807) is 0 Å². The highest BCUT2D eigenvalue weighted by atomic mass is 16.5. The van der Waals surface area contributed by atoms with E-state index >= 15 is 0 Å². The highest BCUT2D eigenvalue weighted by Gasteiger charge is 2.25. The lowest BCUT2D eigenvalue weighted by atomic mass is 9.99. The molecule has 4 nitrogen and oxygen atoms in total. The van der Waals surface area contributed by atoms with Crippen LogP contribution in [0.25, 0.3) is 11.3 Å². The van der Waals surface area contributed by atoms with Gasteiger partial charge in [0.1, 0.15) is 0 Å². The van der Waals surface area contributed by atoms with Gasteiger partial charge in [-0.3, -0.25) is 4.90 Å². The normalized spacial score (nSPS) is 17.3. The molecule has 1 fully saturated rings. The van der Waals surface area contributed by atoms with Gasteiger partial charge in [-0.2, -0.15) is 0 Å². The highest BCUT2D eigenvalue weighted by Crippen LogP contribution is 2.33. The topological polar surface area (TPSA) is 30.3 Å². The Kier molecular flexibility index (Phi) is 5.12. The van der Waals surface area contributed by atoms with E-state index in [2.05, 4.69) is 50.6 Å². The Hall–Kier alpha value is -2.09. The van der Waals surface area contributed by atoms with Gasteiger partial charge in [-0.1, -0.05) is 42.2 Å². The molecule has 1 aromatic carbocycles. The zero-order valence-corrected chi connectivity index (χ0v) is 13.8. The molecule has 1 aliphatic rings. The minimum atomic E-state index is 0.406. The van der Waals surface area contributed by atoms with Gasteiger partial charge in [-0.15, -0.1) is 0 Å². The lowest BCUT2D eigenvalue weighted by Gasteiger charge is -2.13. The predicted molar refractivity (Wildman–Crippen MR) is 92.2 cm³/mol. The summed E-state index contributed by atoms with van der Waals surface area (Å²) in [7, 11) is 4.06. The van der Waals surface area contributed by atoms with E-state index in [0.717, 1.165) is 37.4 Å². The van der Waals surface area contributed by atoms with Gasteiger partial charge in [0, 0.05) is 18.1 Å². The second-order valence-corrected chi connectivity index (χ2v) is 6.12. The Morgan fingerprint density at radius 3 is 2.78 bits per heavy atom. The third-order valence-corrected chi connectivity index (χ3v) is 4.01. The van der Waals surface area contributed by atoms with Crippen molar-refractivity contribution in [3.05, 3.63) is 42.4 Å². The Labute approximate surface area is 138 Å². The maximum absolute atomic E-state index is 5.60. The van der Waals surface area contributed by atoms with Gasteiger partial charge in [0.15, 0.2) is 0 Å². The Bertz CT molecular complexity index is 688. The van der Waals surface area contributed by atoms with Crippen molar-refractivity contribution in [3.8, 4) is 23.1 Å². The quantitative estimate of drug-likeness (QED) is 0.813. The predicted octanol–water partition coefficient (Wildman–Crippen LogP) is 2.62. The van der Waals surface area contributed by atoms with Gasteiger partial charge in [0.05, 0.1) is 37.4 Å². The number of hydrogen-bond donors (Lipinski definition) is 0. The van der Waals surface area contributed by atoms with Gasteiger partial charge < -0.3 is 9.30 Å². The lowest BCUT2D eigenvalue weighted by molar-refractivity contribution is 0.193. The molecule has 120 valence electrons. The molecule has 1 aliphatic heterocycles. The van der Waals surface area contributed by atoms with E-state index < -0.39 is 0 Å². The van der Waals surface area contributed by atoms with Crippen molar-refractivity contribution in [2.45, 2.75) is 18.9 Å². The molecular formula is C19H23N3O. The Morgan fingerprint density at radius 2 is 2.09 bits per heavy atom. The first-order valence-corrected chi connectivity index (χ1v) is 8.04. The van der Waals surface area contributed by atoms with Crippen LogP contribution in [-0.4, -0.2) is 48.3 Å². The lowest BCUT2D eigenvalue weighted by Crippen LogP contribution is -2.11. The first-order chi connectivity index (χ1) is 11.3. The molecule has 2 heterocycles. The fourth-order valence-corrected chi connectivity index (χ4v) is 2.87. The van der Waals surface area contributed by atoms with Crippen LogP contribution in [0.15, 0.2) is 36.7 Å². The molecule has 0 aliphatic carbocycles. The van der Waals surface area contributed by atoms with Crippen LogP contribution in [0.4, 0.5) is 0 Å². The van der Waals surface area contributed by atoms with Crippen molar-refractivity contribution < 1.29 is 4.74 Å². The fraction of sp³-hybridized carbons (Fsp3) is 0.421. The highest BCUT2D eigenvalue weighted by molar-refractivity contribution is 5.62. The van der Waals surface area contributed by atoms with Crippen LogP contribution in [0.2, 0.25) is 0 Å². The summed E-state index contributed by atoms with van der Waals surface area (Å²) in [6, 6.07) is 10.4. The standard InChI is InChI=1S/C19H23N3O/c1-21(2)11-6-7-12-22-15-20-18(16-8-4-3-5-9-16)19(22)17-10-13-23-14-17/h3-5,8-9,15,17H,10-14H2,1-2H3. The van der Waals surface area contributed by atoms with Crippen LogP contribution in [0, 0.1) is 11.8 Å². The van der Waals surface area contributed by atoms with E-state index in [1.807, 2.05) is 26.5 Å². The van der Waals surface area contributed by atoms with E-state index in [4.69, 9.17) is 4.74 Å². The Morgan fingerprint density at radius 1 is 1.26 bits per heavy atom. The number of rotatable bonds is 4. The maximum atomic E-state index is 5.60. The van der Waals surface area contributed by atoms with Crippen molar-refractivity contribution in [2.75, 3.05) is 33.9 Å². The van der Waals surface area contributed by atoms with Crippen LogP contribution in [0.1, 0.15) is 18.0 Å². The summed E-state index contributed by atoms with van der Waals surface area (Å²) in [5.41, 5.74) is 3.48. The molecule has 0 spiro atoms. The van der Waals surface area contributed by atoms with Gasteiger partial charge in [0.25, 0.3) is 0 Å². The first kappa shape index (κ1) is 15.8. The van der Waals surface area contributed by atoms with Crippen LogP contribution >= 0.6 is 0 Å². The van der Waals surface area contributed by atoms with Gasteiger partial charge >= 0.3 is 0 Å². The van der Waals surface area contributed by atoms with E-state index in [0.29, 0.717) is 12.5 Å². The number of benzene rings is 1. The van der Waals surface area contributed by atoms with Gasteiger partial charge in [-0.05, 0) is 20.5 Å². The molecule has 1 saturated heterocycles. The zero-order valence-electron chi connectivity index (χ0n) is 13.8. The van der Waals surface area contributed by atoms with E-state index in [-0.39, 0.29) is 0 Å². The second kappa shape index (κ2) is 7.45. The molecule has 3 rings (SSSR count). The molecular weight excluding hydrogens is 286 g/mol. The molecule has 2 aromatic rings. The number of aromatic nitrogens is 2. The summed E-state index contributed by atoms with van der Waals surface area (Å²) < 4.78 is 7.78. The minimum Gasteiger partial charge on any atom is -0.381 e. The number of imidazole rings is 1. The van der Waals surface area contributed by atoms with Crippen molar-refractivity contribution >= 4 is 0 Å². The molecule has 1 aromatic heterocycles. The largest absolute Gasteiger partial charge is 0.381 e. The van der Waals surface area contributed by atoms with Crippen molar-refractivity contribution in [1.29, 1.82) is 0 Å². The molecule has 23 heavy (non-hydrogen) atoms. The summed E-state index contributed by atoms with van der Waals surface area (Å²) in [6.45, 7) is 3.06. The van der Waals surface area contributed by atoms with Crippen LogP contribution in [0.3, 0.4) is 0 Å². The third-order valence-electron chi connectivity index (χ3n) is 4.01. The van der Waals surface area contributed by atoms with E-state index in [9.17, 15) is 0 Å². The summed E-state index contributed by atoms with van der Waals surface area (Å²) in [6.07, 6.45) is 2.97. The smallest absolute Gasteiger partial charge is 0.0964 e. The van der Waals surface area contributed by atoms with Crippen LogP contribution < -0.4 is 0 Å². The monoisotopic (exact) mass is 309 g/mol. The van der Waals surface area contributed by atoms with Gasteiger partial charge in [0.2, 0.25) is 0 Å². The van der Waals surface area contributed by atoms with Crippen molar-refractivity contribution in [3.63, 3.8) is 0 Å². The van der Waals surface area contributed by atoms with Crippen molar-refractivity contribution in [1.82, 2.24) is 14.5 Å². The molecule has 1 unspecified atom stereocenters. The molecule has 0 N–H and O–H groups in total. The van der Waals surface area contributed by atoms with E-state index in [1.165, 1.54) is 5.69 Å². The fourth-order valence-electron chi connectivity index (χ4n) is 2.87. The number of ether oxygens (including phenoxy) is 1. The molecule has 0 saturated carbocycles. The van der Waals surface area contributed by atoms with Gasteiger partial charge in [-0.25, -0.2) is 4.98 Å². The molecule has 1 atom stereocenters. The molecule has 0 radical (unpaired) electrons. The summed E-state index contributed by atoms with van der Waals surface area (Å²) in [5, 5.41) is 0. The minimum absolute atomic E-state index is 0.406. The average molecular weight is 309 g/mol. The summed E-state index contributed by atoms with van der Waals surface area (Å²) >= 11 is 0. The van der Waals surface area contributed by atoms with Crippen LogP contribution in [-0.2, 0) is 11.3 Å². The molecule has 0 bridgehead atoms. The average Bonchev–Trinajstić information content (AvgIpc) is 3.21. The third kappa shape index (κ3) is 3.82. The number of nitrogens with zero attached hydrogens (tertiary/aromatic N) is 3.